The second-order valence-electron chi connectivity index (χ2n) is 3.72. The molecular formula is C12H16ClN3O4. The van der Waals surface area contributed by atoms with E-state index in [0.29, 0.717) is 22.2 Å². The summed E-state index contributed by atoms with van der Waals surface area (Å²) in [7, 11) is 2.95. The topological polar surface area (TPSA) is 103 Å². The van der Waals surface area contributed by atoms with E-state index in [-0.39, 0.29) is 13.1 Å². The van der Waals surface area contributed by atoms with E-state index in [1.165, 1.54) is 26.4 Å². The minimum atomic E-state index is -0.430. The van der Waals surface area contributed by atoms with Gasteiger partial charge in [-0.05, 0) is 0 Å². The molecule has 1 rings (SSSR count). The first-order valence-corrected chi connectivity index (χ1v) is 6.07. The van der Waals surface area contributed by atoms with Gasteiger partial charge in [0, 0.05) is 12.1 Å². The number of benzene rings is 1. The first-order chi connectivity index (χ1) is 9.51. The van der Waals surface area contributed by atoms with Crippen LogP contribution >= 0.6 is 11.6 Å². The second kappa shape index (κ2) is 7.56. The molecule has 110 valence electrons. The molecule has 0 aliphatic rings. The highest BCUT2D eigenvalue weighted by Crippen LogP contribution is 2.35. The smallest absolute Gasteiger partial charge is 0.243 e. The SMILES string of the molecule is COc1cc(Cl)c(NC(=O)CNC(=O)CN)cc1OC. The number of nitrogens with one attached hydrogen (secondary N) is 2. The third-order valence-electron chi connectivity index (χ3n) is 2.38. The zero-order chi connectivity index (χ0) is 15.1. The van der Waals surface area contributed by atoms with Gasteiger partial charge in [-0.15, -0.1) is 0 Å². The predicted molar refractivity (Wildman–Crippen MR) is 75.2 cm³/mol. The molecule has 0 aliphatic heterocycles. The molecule has 0 fully saturated rings. The summed E-state index contributed by atoms with van der Waals surface area (Å²) in [6.07, 6.45) is 0. The molecule has 1 aromatic carbocycles. The highest BCUT2D eigenvalue weighted by Gasteiger charge is 2.12. The van der Waals surface area contributed by atoms with Crippen molar-refractivity contribution in [3.05, 3.63) is 17.2 Å². The fourth-order valence-electron chi connectivity index (χ4n) is 1.40. The van der Waals surface area contributed by atoms with E-state index in [2.05, 4.69) is 10.6 Å². The Balaban J connectivity index is 2.77. The molecule has 0 heterocycles. The van der Waals surface area contributed by atoms with Crippen LogP contribution in [-0.4, -0.2) is 39.1 Å². The summed E-state index contributed by atoms with van der Waals surface area (Å²) >= 11 is 6.01. The Bertz CT molecular complexity index is 508. The predicted octanol–water partition coefficient (Wildman–Crippen LogP) is 0.371. The third-order valence-corrected chi connectivity index (χ3v) is 2.69. The Morgan fingerprint density at radius 2 is 1.80 bits per heavy atom. The number of methoxy groups -OCH3 is 2. The van der Waals surface area contributed by atoms with E-state index >= 15 is 0 Å². The molecule has 4 N–H and O–H groups in total. The maximum absolute atomic E-state index is 11.6. The number of rotatable bonds is 6. The van der Waals surface area contributed by atoms with Gasteiger partial charge in [-0.2, -0.15) is 0 Å². The summed E-state index contributed by atoms with van der Waals surface area (Å²) in [5.74, 6) is 0.0320. The summed E-state index contributed by atoms with van der Waals surface area (Å²) < 4.78 is 10.2. The molecule has 8 heteroatoms. The average Bonchev–Trinajstić information content (AvgIpc) is 2.46. The van der Waals surface area contributed by atoms with Crippen molar-refractivity contribution in [2.45, 2.75) is 0 Å². The van der Waals surface area contributed by atoms with Gasteiger partial charge in [0.25, 0.3) is 0 Å². The average molecular weight is 302 g/mol. The molecule has 0 unspecified atom stereocenters. The highest BCUT2D eigenvalue weighted by molar-refractivity contribution is 6.34. The Labute approximate surface area is 121 Å². The second-order valence-corrected chi connectivity index (χ2v) is 4.12. The van der Waals surface area contributed by atoms with Gasteiger partial charge in [0.05, 0.1) is 38.0 Å². The molecule has 0 atom stereocenters. The van der Waals surface area contributed by atoms with Crippen molar-refractivity contribution in [1.82, 2.24) is 5.32 Å². The number of carbonyl (C=O) groups is 2. The fraction of sp³-hybridized carbons (Fsp3) is 0.333. The van der Waals surface area contributed by atoms with Crippen molar-refractivity contribution in [3.8, 4) is 11.5 Å². The molecule has 0 spiro atoms. The minimum absolute atomic E-state index is 0.176. The summed E-state index contributed by atoms with van der Waals surface area (Å²) in [5.41, 5.74) is 5.47. The summed E-state index contributed by atoms with van der Waals surface area (Å²) in [4.78, 5) is 22.6. The molecule has 0 aliphatic carbocycles. The fourth-order valence-corrected chi connectivity index (χ4v) is 1.60. The van der Waals surface area contributed by atoms with Gasteiger partial charge in [0.1, 0.15) is 0 Å². The van der Waals surface area contributed by atoms with Crippen molar-refractivity contribution < 1.29 is 19.1 Å². The van der Waals surface area contributed by atoms with E-state index in [1.54, 1.807) is 0 Å². The van der Waals surface area contributed by atoms with Crippen LogP contribution in [0.15, 0.2) is 12.1 Å². The number of hydrogen-bond donors (Lipinski definition) is 3. The standard InChI is InChI=1S/C12H16ClN3O4/c1-19-9-3-7(13)8(4-10(9)20-2)16-12(18)6-15-11(17)5-14/h3-4H,5-6,14H2,1-2H3,(H,15,17)(H,16,18). The number of ether oxygens (including phenoxy) is 2. The number of carbonyl (C=O) groups excluding carboxylic acids is 2. The lowest BCUT2D eigenvalue weighted by atomic mass is 10.2. The van der Waals surface area contributed by atoms with Gasteiger partial charge < -0.3 is 25.8 Å². The molecular weight excluding hydrogens is 286 g/mol. The summed E-state index contributed by atoms with van der Waals surface area (Å²) in [6, 6.07) is 3.05. The van der Waals surface area contributed by atoms with Gasteiger partial charge in [0.2, 0.25) is 11.8 Å². The zero-order valence-corrected chi connectivity index (χ0v) is 11.9. The van der Waals surface area contributed by atoms with E-state index in [0.717, 1.165) is 0 Å². The molecule has 7 nitrogen and oxygen atoms in total. The Morgan fingerprint density at radius 1 is 1.20 bits per heavy atom. The summed E-state index contributed by atoms with van der Waals surface area (Å²) in [5, 5.41) is 5.19. The number of hydrogen-bond acceptors (Lipinski definition) is 5. The van der Waals surface area contributed by atoms with Gasteiger partial charge in [0.15, 0.2) is 11.5 Å². The Morgan fingerprint density at radius 3 is 2.35 bits per heavy atom. The molecule has 0 aromatic heterocycles. The molecule has 0 radical (unpaired) electrons. The minimum Gasteiger partial charge on any atom is -0.493 e. The number of halogens is 1. The molecule has 20 heavy (non-hydrogen) atoms. The van der Waals surface area contributed by atoms with Crippen LogP contribution in [0, 0.1) is 0 Å². The molecule has 1 aromatic rings. The first-order valence-electron chi connectivity index (χ1n) is 5.70. The number of amides is 2. The van der Waals surface area contributed by atoms with Crippen molar-refractivity contribution in [2.24, 2.45) is 5.73 Å². The molecule has 2 amide bonds. The van der Waals surface area contributed by atoms with Gasteiger partial charge in [-0.1, -0.05) is 11.6 Å². The van der Waals surface area contributed by atoms with Crippen molar-refractivity contribution >= 4 is 29.1 Å². The van der Waals surface area contributed by atoms with Crippen LogP contribution in [0.5, 0.6) is 11.5 Å². The highest BCUT2D eigenvalue weighted by atomic mass is 35.5. The van der Waals surface area contributed by atoms with Crippen LogP contribution < -0.4 is 25.8 Å². The van der Waals surface area contributed by atoms with E-state index < -0.39 is 11.8 Å². The summed E-state index contributed by atoms with van der Waals surface area (Å²) in [6.45, 7) is -0.370. The van der Waals surface area contributed by atoms with E-state index in [4.69, 9.17) is 26.8 Å². The molecule has 0 bridgehead atoms. The van der Waals surface area contributed by atoms with Crippen molar-refractivity contribution in [3.63, 3.8) is 0 Å². The zero-order valence-electron chi connectivity index (χ0n) is 11.2. The van der Waals surface area contributed by atoms with Crippen LogP contribution in [-0.2, 0) is 9.59 Å². The van der Waals surface area contributed by atoms with Crippen LogP contribution in [0.2, 0.25) is 5.02 Å². The van der Waals surface area contributed by atoms with E-state index in [9.17, 15) is 9.59 Å². The third kappa shape index (κ3) is 4.29. The normalized spacial score (nSPS) is 9.80. The monoisotopic (exact) mass is 301 g/mol. The maximum atomic E-state index is 11.6. The number of anilines is 1. The number of nitrogens with two attached hydrogens (primary N) is 1. The molecule has 0 saturated carbocycles. The van der Waals surface area contributed by atoms with Crippen LogP contribution in [0.4, 0.5) is 5.69 Å². The van der Waals surface area contributed by atoms with Crippen LogP contribution in [0.3, 0.4) is 0 Å². The van der Waals surface area contributed by atoms with E-state index in [1.807, 2.05) is 0 Å². The molecule has 0 saturated heterocycles. The first kappa shape index (κ1) is 16.1. The Kier molecular flexibility index (Phi) is 6.08. The van der Waals surface area contributed by atoms with Gasteiger partial charge in [-0.25, -0.2) is 0 Å². The largest absolute Gasteiger partial charge is 0.493 e. The van der Waals surface area contributed by atoms with Crippen LogP contribution in [0.25, 0.3) is 0 Å². The van der Waals surface area contributed by atoms with Crippen molar-refractivity contribution in [1.29, 1.82) is 0 Å². The lowest BCUT2D eigenvalue weighted by molar-refractivity contribution is -0.123. The van der Waals surface area contributed by atoms with Gasteiger partial charge in [-0.3, -0.25) is 9.59 Å². The van der Waals surface area contributed by atoms with Crippen molar-refractivity contribution in [2.75, 3.05) is 32.6 Å². The lowest BCUT2D eigenvalue weighted by Crippen LogP contribution is -2.36. The Hall–Kier alpha value is -1.99. The lowest BCUT2D eigenvalue weighted by Gasteiger charge is -2.12. The maximum Gasteiger partial charge on any atom is 0.243 e. The quantitative estimate of drug-likeness (QED) is 0.704. The van der Waals surface area contributed by atoms with Gasteiger partial charge >= 0.3 is 0 Å². The van der Waals surface area contributed by atoms with Crippen LogP contribution in [0.1, 0.15) is 0 Å².